The van der Waals surface area contributed by atoms with Crippen molar-refractivity contribution in [1.82, 2.24) is 9.97 Å². The number of fused-ring (bicyclic) bond motifs is 1. The van der Waals surface area contributed by atoms with Gasteiger partial charge in [-0.2, -0.15) is 0 Å². The van der Waals surface area contributed by atoms with Gasteiger partial charge in [0, 0.05) is 18.0 Å². The monoisotopic (exact) mass is 383 g/mol. The van der Waals surface area contributed by atoms with Gasteiger partial charge in [-0.15, -0.1) is 0 Å². The normalized spacial score (nSPS) is 10.8. The molecule has 4 nitrogen and oxygen atoms in total. The van der Waals surface area contributed by atoms with E-state index in [1.165, 1.54) is 5.56 Å². The summed E-state index contributed by atoms with van der Waals surface area (Å²) in [6, 6.07) is 26.5. The minimum Gasteiger partial charge on any atom is -0.492 e. The zero-order valence-electron chi connectivity index (χ0n) is 16.9. The van der Waals surface area contributed by atoms with E-state index in [9.17, 15) is 0 Å². The van der Waals surface area contributed by atoms with E-state index in [1.54, 1.807) is 0 Å². The molecule has 0 fully saturated rings. The van der Waals surface area contributed by atoms with Gasteiger partial charge in [-0.05, 0) is 36.2 Å². The lowest BCUT2D eigenvalue weighted by Crippen LogP contribution is -2.25. The fourth-order valence-electron chi connectivity index (χ4n) is 3.29. The van der Waals surface area contributed by atoms with Crippen LogP contribution in [0.4, 0.5) is 5.82 Å². The summed E-state index contributed by atoms with van der Waals surface area (Å²) < 4.78 is 5.87. The number of anilines is 1. The van der Waals surface area contributed by atoms with Gasteiger partial charge in [0.2, 0.25) is 0 Å². The Balaban J connectivity index is 1.61. The molecular formula is C25H25N3O. The summed E-state index contributed by atoms with van der Waals surface area (Å²) in [6.45, 7) is 3.47. The molecule has 0 amide bonds. The number of ether oxygens (including phenoxy) is 1. The van der Waals surface area contributed by atoms with E-state index in [0.29, 0.717) is 6.61 Å². The van der Waals surface area contributed by atoms with Crippen LogP contribution >= 0.6 is 0 Å². The fraction of sp³-hybridized carbons (Fsp3) is 0.200. The lowest BCUT2D eigenvalue weighted by Gasteiger charge is -2.21. The molecule has 29 heavy (non-hydrogen) atoms. The molecule has 0 aliphatic rings. The van der Waals surface area contributed by atoms with Crippen LogP contribution in [0.5, 0.6) is 5.75 Å². The smallest absolute Gasteiger partial charge is 0.162 e. The van der Waals surface area contributed by atoms with Crippen LogP contribution < -0.4 is 9.64 Å². The molecule has 4 aromatic rings. The maximum absolute atomic E-state index is 5.87. The molecule has 1 aromatic heterocycles. The number of para-hydroxylation sites is 2. The highest BCUT2D eigenvalue weighted by Gasteiger charge is 2.13. The SMILES string of the molecule is CCc1ccc(-c2nc(N(C)CCOc3ccccc3)c3ccccc3n2)cc1. The van der Waals surface area contributed by atoms with E-state index in [2.05, 4.69) is 42.2 Å². The Labute approximate surface area is 171 Å². The van der Waals surface area contributed by atoms with Gasteiger partial charge in [0.1, 0.15) is 18.2 Å². The first-order chi connectivity index (χ1) is 14.2. The van der Waals surface area contributed by atoms with Crippen LogP contribution in [0.15, 0.2) is 78.9 Å². The van der Waals surface area contributed by atoms with Crippen LogP contribution in [0.1, 0.15) is 12.5 Å². The highest BCUT2D eigenvalue weighted by atomic mass is 16.5. The predicted molar refractivity (Wildman–Crippen MR) is 120 cm³/mol. The molecule has 0 aliphatic carbocycles. The maximum atomic E-state index is 5.87. The largest absolute Gasteiger partial charge is 0.492 e. The molecule has 146 valence electrons. The number of hydrogen-bond acceptors (Lipinski definition) is 4. The Hall–Kier alpha value is -3.40. The fourth-order valence-corrected chi connectivity index (χ4v) is 3.29. The molecule has 0 radical (unpaired) electrons. The van der Waals surface area contributed by atoms with E-state index >= 15 is 0 Å². The van der Waals surface area contributed by atoms with Crippen molar-refractivity contribution >= 4 is 16.7 Å². The first-order valence-corrected chi connectivity index (χ1v) is 9.99. The Morgan fingerprint density at radius 3 is 2.31 bits per heavy atom. The summed E-state index contributed by atoms with van der Waals surface area (Å²) in [5, 5.41) is 1.05. The second-order valence-corrected chi connectivity index (χ2v) is 7.02. The zero-order valence-corrected chi connectivity index (χ0v) is 16.9. The lowest BCUT2D eigenvalue weighted by molar-refractivity contribution is 0.326. The van der Waals surface area contributed by atoms with Crippen molar-refractivity contribution in [2.24, 2.45) is 0 Å². The average molecular weight is 383 g/mol. The number of hydrogen-bond donors (Lipinski definition) is 0. The van der Waals surface area contributed by atoms with Crippen molar-refractivity contribution in [3.63, 3.8) is 0 Å². The molecule has 0 bridgehead atoms. The number of benzene rings is 3. The van der Waals surface area contributed by atoms with Crippen LogP contribution in [-0.4, -0.2) is 30.2 Å². The molecule has 4 heteroatoms. The standard InChI is InChI=1S/C25H25N3O/c1-3-19-13-15-20(16-14-19)24-26-23-12-8-7-11-22(23)25(27-24)28(2)17-18-29-21-9-5-4-6-10-21/h4-16H,3,17-18H2,1-2H3. The molecule has 4 rings (SSSR count). The minimum absolute atomic E-state index is 0.583. The first kappa shape index (κ1) is 18.9. The van der Waals surface area contributed by atoms with Crippen molar-refractivity contribution in [2.45, 2.75) is 13.3 Å². The van der Waals surface area contributed by atoms with Crippen LogP contribution in [0.25, 0.3) is 22.3 Å². The maximum Gasteiger partial charge on any atom is 0.162 e. The first-order valence-electron chi connectivity index (χ1n) is 9.99. The van der Waals surface area contributed by atoms with Gasteiger partial charge in [0.25, 0.3) is 0 Å². The van der Waals surface area contributed by atoms with Crippen LogP contribution in [0.2, 0.25) is 0 Å². The van der Waals surface area contributed by atoms with E-state index < -0.39 is 0 Å². The van der Waals surface area contributed by atoms with Crippen LogP contribution in [0.3, 0.4) is 0 Å². The third-order valence-electron chi connectivity index (χ3n) is 5.00. The van der Waals surface area contributed by atoms with Gasteiger partial charge in [-0.3, -0.25) is 0 Å². The molecule has 0 atom stereocenters. The van der Waals surface area contributed by atoms with Crippen LogP contribution in [-0.2, 0) is 6.42 Å². The van der Waals surface area contributed by atoms with Gasteiger partial charge in [-0.1, -0.05) is 61.5 Å². The number of aryl methyl sites for hydroxylation is 1. The topological polar surface area (TPSA) is 38.2 Å². The number of nitrogens with zero attached hydrogens (tertiary/aromatic N) is 3. The van der Waals surface area contributed by atoms with E-state index in [-0.39, 0.29) is 0 Å². The van der Waals surface area contributed by atoms with Gasteiger partial charge < -0.3 is 9.64 Å². The van der Waals surface area contributed by atoms with E-state index in [1.807, 2.05) is 55.6 Å². The second-order valence-electron chi connectivity index (χ2n) is 7.02. The third-order valence-corrected chi connectivity index (χ3v) is 5.00. The average Bonchev–Trinajstić information content (AvgIpc) is 2.79. The molecule has 0 spiro atoms. The predicted octanol–water partition coefficient (Wildman–Crippen LogP) is 5.37. The molecule has 3 aromatic carbocycles. The summed E-state index contributed by atoms with van der Waals surface area (Å²) in [4.78, 5) is 11.9. The van der Waals surface area contributed by atoms with Crippen molar-refractivity contribution in [3.8, 4) is 17.1 Å². The quantitative estimate of drug-likeness (QED) is 0.430. The summed E-state index contributed by atoms with van der Waals surface area (Å²) in [5.41, 5.74) is 3.29. The molecular weight excluding hydrogens is 358 g/mol. The number of rotatable bonds is 7. The van der Waals surface area contributed by atoms with Crippen molar-refractivity contribution < 1.29 is 4.74 Å². The molecule has 0 unspecified atom stereocenters. The minimum atomic E-state index is 0.583. The Kier molecular flexibility index (Phi) is 5.71. The van der Waals surface area contributed by atoms with Crippen LogP contribution in [0, 0.1) is 0 Å². The number of aromatic nitrogens is 2. The Bertz CT molecular complexity index is 1080. The Morgan fingerprint density at radius 1 is 0.828 bits per heavy atom. The van der Waals surface area contributed by atoms with E-state index in [0.717, 1.165) is 46.8 Å². The van der Waals surface area contributed by atoms with Gasteiger partial charge in [0.15, 0.2) is 5.82 Å². The molecule has 0 N–H and O–H groups in total. The van der Waals surface area contributed by atoms with Crippen molar-refractivity contribution in [1.29, 1.82) is 0 Å². The third kappa shape index (κ3) is 4.37. The summed E-state index contributed by atoms with van der Waals surface area (Å²) in [6.07, 6.45) is 1.02. The highest BCUT2D eigenvalue weighted by Crippen LogP contribution is 2.27. The summed E-state index contributed by atoms with van der Waals surface area (Å²) in [5.74, 6) is 2.55. The van der Waals surface area contributed by atoms with Gasteiger partial charge in [-0.25, -0.2) is 9.97 Å². The zero-order chi connectivity index (χ0) is 20.1. The summed E-state index contributed by atoms with van der Waals surface area (Å²) in [7, 11) is 2.05. The lowest BCUT2D eigenvalue weighted by atomic mass is 10.1. The second kappa shape index (κ2) is 8.74. The van der Waals surface area contributed by atoms with E-state index in [4.69, 9.17) is 14.7 Å². The van der Waals surface area contributed by atoms with Gasteiger partial charge in [0.05, 0.1) is 12.1 Å². The van der Waals surface area contributed by atoms with Gasteiger partial charge >= 0.3 is 0 Å². The molecule has 1 heterocycles. The molecule has 0 aliphatic heterocycles. The Morgan fingerprint density at radius 2 is 1.55 bits per heavy atom. The van der Waals surface area contributed by atoms with Crippen molar-refractivity contribution in [3.05, 3.63) is 84.4 Å². The summed E-state index contributed by atoms with van der Waals surface area (Å²) >= 11 is 0. The molecule has 0 saturated heterocycles. The molecule has 0 saturated carbocycles. The van der Waals surface area contributed by atoms with Crippen molar-refractivity contribution in [2.75, 3.05) is 25.1 Å². The number of likely N-dealkylation sites (N-methyl/N-ethyl adjacent to an activating group) is 1. The highest BCUT2D eigenvalue weighted by molar-refractivity contribution is 5.91.